The predicted octanol–water partition coefficient (Wildman–Crippen LogP) is 2.37. The molecule has 2 aliphatic rings. The van der Waals surface area contributed by atoms with E-state index >= 15 is 0 Å². The van der Waals surface area contributed by atoms with Crippen LogP contribution in [0.4, 0.5) is 0 Å². The molecule has 0 aliphatic carbocycles. The fraction of sp³-hybridized carbons (Fsp3) is 0.500. The molecule has 2 fully saturated rings. The summed E-state index contributed by atoms with van der Waals surface area (Å²) in [5.41, 5.74) is 0.896. The highest BCUT2D eigenvalue weighted by atomic mass is 16.2. The lowest BCUT2D eigenvalue weighted by molar-refractivity contribution is -0.144. The molecule has 2 saturated heterocycles. The highest BCUT2D eigenvalue weighted by molar-refractivity contribution is 5.84. The van der Waals surface area contributed by atoms with Crippen molar-refractivity contribution in [1.29, 1.82) is 0 Å². The van der Waals surface area contributed by atoms with Crippen molar-refractivity contribution in [3.63, 3.8) is 0 Å². The third-order valence-electron chi connectivity index (χ3n) is 5.82. The van der Waals surface area contributed by atoms with Gasteiger partial charge in [-0.2, -0.15) is 5.10 Å². The smallest absolute Gasteiger partial charge is 0.250 e. The number of hydrogen-bond acceptors (Lipinski definition) is 3. The first-order valence-electron chi connectivity index (χ1n) is 9.35. The first kappa shape index (κ1) is 16.3. The van der Waals surface area contributed by atoms with Crippen molar-refractivity contribution in [2.45, 2.75) is 37.1 Å². The summed E-state index contributed by atoms with van der Waals surface area (Å²) in [5.74, 6) is 0.822. The van der Waals surface area contributed by atoms with Gasteiger partial charge in [-0.15, -0.1) is 0 Å². The van der Waals surface area contributed by atoms with E-state index in [2.05, 4.69) is 45.6 Å². The van der Waals surface area contributed by atoms with E-state index < -0.39 is 5.54 Å². The van der Waals surface area contributed by atoms with Crippen LogP contribution in [0, 0.1) is 0 Å². The van der Waals surface area contributed by atoms with Gasteiger partial charge in [0.2, 0.25) is 0 Å². The first-order chi connectivity index (χ1) is 12.3. The van der Waals surface area contributed by atoms with Crippen LogP contribution in [0.25, 0.3) is 0 Å². The third-order valence-corrected chi connectivity index (χ3v) is 5.82. The zero-order valence-corrected chi connectivity index (χ0v) is 14.6. The van der Waals surface area contributed by atoms with E-state index in [9.17, 15) is 4.79 Å². The van der Waals surface area contributed by atoms with E-state index in [1.165, 1.54) is 5.56 Å². The molecule has 5 heteroatoms. The van der Waals surface area contributed by atoms with Crippen LogP contribution in [-0.2, 0) is 10.3 Å². The topological polar surface area (TPSA) is 50.2 Å². The second-order valence-corrected chi connectivity index (χ2v) is 7.21. The highest BCUT2D eigenvalue weighted by Gasteiger charge is 2.45. The van der Waals surface area contributed by atoms with Gasteiger partial charge in [-0.05, 0) is 56.3 Å². The summed E-state index contributed by atoms with van der Waals surface area (Å²) >= 11 is 0. The van der Waals surface area contributed by atoms with Crippen LogP contribution in [0.2, 0.25) is 0 Å². The van der Waals surface area contributed by atoms with Crippen molar-refractivity contribution in [3.8, 4) is 0 Å². The fourth-order valence-corrected chi connectivity index (χ4v) is 4.34. The Kier molecular flexibility index (Phi) is 4.57. The number of benzene rings is 1. The lowest BCUT2D eigenvalue weighted by atomic mass is 9.84. The Morgan fingerprint density at radius 2 is 1.80 bits per heavy atom. The van der Waals surface area contributed by atoms with Gasteiger partial charge in [0.25, 0.3) is 5.91 Å². The van der Waals surface area contributed by atoms with Crippen molar-refractivity contribution in [1.82, 2.24) is 20.0 Å². The Morgan fingerprint density at radius 1 is 1.08 bits per heavy atom. The van der Waals surface area contributed by atoms with Crippen LogP contribution in [0.15, 0.2) is 48.8 Å². The number of rotatable bonds is 3. The second kappa shape index (κ2) is 7.00. The lowest BCUT2D eigenvalue weighted by Crippen LogP contribution is -2.56. The Labute approximate surface area is 149 Å². The Morgan fingerprint density at radius 3 is 2.44 bits per heavy atom. The van der Waals surface area contributed by atoms with Gasteiger partial charge in [-0.3, -0.25) is 9.48 Å². The summed E-state index contributed by atoms with van der Waals surface area (Å²) in [7, 11) is 0. The molecule has 0 bridgehead atoms. The van der Waals surface area contributed by atoms with Crippen LogP contribution < -0.4 is 5.32 Å². The van der Waals surface area contributed by atoms with E-state index in [1.54, 1.807) is 6.20 Å². The minimum atomic E-state index is -0.506. The number of carbonyl (C=O) groups is 1. The van der Waals surface area contributed by atoms with Gasteiger partial charge in [0.15, 0.2) is 0 Å². The molecule has 25 heavy (non-hydrogen) atoms. The molecule has 2 aliphatic heterocycles. The number of likely N-dealkylation sites (tertiary alicyclic amines) is 1. The van der Waals surface area contributed by atoms with Crippen LogP contribution in [0.3, 0.4) is 0 Å². The number of piperidine rings is 2. The summed E-state index contributed by atoms with van der Waals surface area (Å²) in [6, 6.07) is 12.6. The summed E-state index contributed by atoms with van der Waals surface area (Å²) < 4.78 is 1.90. The standard InChI is InChI=1S/C20H26N4O/c25-19(20(9-12-21-13-10-20)24-14-4-11-22-24)23-15-7-18(8-16-23)17-5-2-1-3-6-17/h1-6,11,14,18,21H,7-10,12-13,15-16H2. The average molecular weight is 338 g/mol. The van der Waals surface area contributed by atoms with E-state index in [0.29, 0.717) is 5.92 Å². The first-order valence-corrected chi connectivity index (χ1v) is 9.35. The largest absolute Gasteiger partial charge is 0.341 e. The zero-order chi connectivity index (χ0) is 17.1. The molecule has 2 aromatic rings. The molecular formula is C20H26N4O. The molecule has 1 aromatic carbocycles. The minimum Gasteiger partial charge on any atom is -0.341 e. The van der Waals surface area contributed by atoms with Gasteiger partial charge >= 0.3 is 0 Å². The molecule has 0 unspecified atom stereocenters. The van der Waals surface area contributed by atoms with Gasteiger partial charge < -0.3 is 10.2 Å². The number of hydrogen-bond donors (Lipinski definition) is 1. The summed E-state index contributed by atoms with van der Waals surface area (Å²) in [5, 5.41) is 7.81. The van der Waals surface area contributed by atoms with E-state index in [1.807, 2.05) is 16.9 Å². The minimum absolute atomic E-state index is 0.254. The van der Waals surface area contributed by atoms with E-state index in [0.717, 1.165) is 51.9 Å². The van der Waals surface area contributed by atoms with Crippen LogP contribution in [-0.4, -0.2) is 46.8 Å². The molecule has 0 atom stereocenters. The molecule has 1 aromatic heterocycles. The van der Waals surface area contributed by atoms with Crippen molar-refractivity contribution in [3.05, 3.63) is 54.4 Å². The van der Waals surface area contributed by atoms with Crippen LogP contribution >= 0.6 is 0 Å². The van der Waals surface area contributed by atoms with Crippen LogP contribution in [0.1, 0.15) is 37.2 Å². The van der Waals surface area contributed by atoms with Gasteiger partial charge in [0, 0.05) is 25.5 Å². The molecule has 1 amide bonds. The maximum Gasteiger partial charge on any atom is 0.250 e. The molecule has 3 heterocycles. The Bertz CT molecular complexity index is 684. The van der Waals surface area contributed by atoms with Gasteiger partial charge in [-0.1, -0.05) is 30.3 Å². The molecule has 132 valence electrons. The zero-order valence-electron chi connectivity index (χ0n) is 14.6. The molecular weight excluding hydrogens is 312 g/mol. The monoisotopic (exact) mass is 338 g/mol. The molecule has 0 saturated carbocycles. The third kappa shape index (κ3) is 3.09. The number of carbonyl (C=O) groups excluding carboxylic acids is 1. The van der Waals surface area contributed by atoms with Crippen molar-refractivity contribution >= 4 is 5.91 Å². The Balaban J connectivity index is 1.49. The van der Waals surface area contributed by atoms with E-state index in [4.69, 9.17) is 0 Å². The average Bonchev–Trinajstić information content (AvgIpc) is 3.24. The fourth-order valence-electron chi connectivity index (χ4n) is 4.34. The molecule has 5 nitrogen and oxygen atoms in total. The lowest BCUT2D eigenvalue weighted by Gasteiger charge is -2.42. The molecule has 4 rings (SSSR count). The Hall–Kier alpha value is -2.14. The van der Waals surface area contributed by atoms with Crippen molar-refractivity contribution in [2.75, 3.05) is 26.2 Å². The number of nitrogens with one attached hydrogen (secondary N) is 1. The maximum atomic E-state index is 13.5. The summed E-state index contributed by atoms with van der Waals surface area (Å²) in [6.45, 7) is 3.42. The normalized spacial score (nSPS) is 21.2. The van der Waals surface area contributed by atoms with E-state index in [-0.39, 0.29) is 5.91 Å². The predicted molar refractivity (Wildman–Crippen MR) is 97.3 cm³/mol. The molecule has 0 radical (unpaired) electrons. The van der Waals surface area contributed by atoms with Gasteiger partial charge in [0.1, 0.15) is 5.54 Å². The quantitative estimate of drug-likeness (QED) is 0.935. The second-order valence-electron chi connectivity index (χ2n) is 7.21. The van der Waals surface area contributed by atoms with Gasteiger partial charge in [-0.25, -0.2) is 0 Å². The number of aromatic nitrogens is 2. The summed E-state index contributed by atoms with van der Waals surface area (Å²) in [6.07, 6.45) is 7.43. The number of nitrogens with zero attached hydrogens (tertiary/aromatic N) is 3. The van der Waals surface area contributed by atoms with Crippen molar-refractivity contribution in [2.24, 2.45) is 0 Å². The van der Waals surface area contributed by atoms with Crippen LogP contribution in [0.5, 0.6) is 0 Å². The SMILES string of the molecule is O=C(N1CCC(c2ccccc2)CC1)C1(n2cccn2)CCNCC1. The maximum absolute atomic E-state index is 13.5. The summed E-state index contributed by atoms with van der Waals surface area (Å²) in [4.78, 5) is 15.5. The highest BCUT2D eigenvalue weighted by Crippen LogP contribution is 2.33. The molecule has 0 spiro atoms. The van der Waals surface area contributed by atoms with Crippen molar-refractivity contribution < 1.29 is 4.79 Å². The van der Waals surface area contributed by atoms with Gasteiger partial charge in [0.05, 0.1) is 0 Å². The molecule has 1 N–H and O–H groups in total. The number of amides is 1.